The minimum absolute atomic E-state index is 0.0176. The molecular formula is C18H19F2N3O3S. The standard InChI is InChI=1S/C18H19F2N3O3S/c19-16-8-7-15(10-17(16)20)27(25,26)22-13-5-3-12(4-6-13)18(24)23-9-1-2-14(23)11-21/h3-8,10,14,22H,1-2,9,11,21H2. The third kappa shape index (κ3) is 4.09. The minimum Gasteiger partial charge on any atom is -0.334 e. The average molecular weight is 395 g/mol. The lowest BCUT2D eigenvalue weighted by Crippen LogP contribution is -2.39. The molecule has 1 atom stereocenters. The van der Waals surface area contributed by atoms with Crippen LogP contribution in [0.1, 0.15) is 23.2 Å². The summed E-state index contributed by atoms with van der Waals surface area (Å²) in [7, 11) is -4.08. The molecule has 0 spiro atoms. The third-order valence-electron chi connectivity index (χ3n) is 4.50. The first kappa shape index (κ1) is 19.2. The van der Waals surface area contributed by atoms with Crippen molar-refractivity contribution in [3.63, 3.8) is 0 Å². The highest BCUT2D eigenvalue weighted by atomic mass is 32.2. The smallest absolute Gasteiger partial charge is 0.261 e. The van der Waals surface area contributed by atoms with E-state index in [0.717, 1.165) is 25.0 Å². The highest BCUT2D eigenvalue weighted by Crippen LogP contribution is 2.22. The number of halogens is 2. The number of hydrogen-bond acceptors (Lipinski definition) is 4. The monoisotopic (exact) mass is 395 g/mol. The van der Waals surface area contributed by atoms with Crippen LogP contribution in [0.5, 0.6) is 0 Å². The van der Waals surface area contributed by atoms with E-state index < -0.39 is 26.6 Å². The quantitative estimate of drug-likeness (QED) is 0.813. The second-order valence-electron chi connectivity index (χ2n) is 6.29. The maximum atomic E-state index is 13.3. The molecule has 1 unspecified atom stereocenters. The highest BCUT2D eigenvalue weighted by molar-refractivity contribution is 7.92. The van der Waals surface area contributed by atoms with E-state index >= 15 is 0 Å². The van der Waals surface area contributed by atoms with Crippen LogP contribution < -0.4 is 10.5 Å². The summed E-state index contributed by atoms with van der Waals surface area (Å²) in [4.78, 5) is 13.9. The molecule has 1 fully saturated rings. The van der Waals surface area contributed by atoms with Crippen molar-refractivity contribution in [3.8, 4) is 0 Å². The maximum Gasteiger partial charge on any atom is 0.261 e. The number of benzene rings is 2. The second kappa shape index (κ2) is 7.61. The van der Waals surface area contributed by atoms with Crippen molar-refractivity contribution >= 4 is 21.6 Å². The van der Waals surface area contributed by atoms with Crippen LogP contribution in [0.15, 0.2) is 47.4 Å². The molecule has 1 aliphatic rings. The van der Waals surface area contributed by atoms with Crippen molar-refractivity contribution in [1.82, 2.24) is 4.90 Å². The number of hydrogen-bond donors (Lipinski definition) is 2. The fourth-order valence-corrected chi connectivity index (χ4v) is 4.12. The molecule has 2 aromatic carbocycles. The van der Waals surface area contributed by atoms with Gasteiger partial charge in [0.1, 0.15) is 0 Å². The number of amides is 1. The van der Waals surface area contributed by atoms with E-state index in [1.54, 1.807) is 4.90 Å². The van der Waals surface area contributed by atoms with E-state index in [0.29, 0.717) is 24.7 Å². The summed E-state index contributed by atoms with van der Waals surface area (Å²) in [6.07, 6.45) is 1.77. The van der Waals surface area contributed by atoms with Crippen LogP contribution >= 0.6 is 0 Å². The fraction of sp³-hybridized carbons (Fsp3) is 0.278. The third-order valence-corrected chi connectivity index (χ3v) is 5.87. The van der Waals surface area contributed by atoms with Gasteiger partial charge < -0.3 is 10.6 Å². The Labute approximate surface area is 156 Å². The summed E-state index contributed by atoms with van der Waals surface area (Å²) >= 11 is 0. The summed E-state index contributed by atoms with van der Waals surface area (Å²) in [6, 6.07) is 8.25. The molecule has 1 aliphatic heterocycles. The molecule has 1 amide bonds. The predicted molar refractivity (Wildman–Crippen MR) is 96.7 cm³/mol. The second-order valence-corrected chi connectivity index (χ2v) is 7.97. The molecular weight excluding hydrogens is 376 g/mol. The molecule has 144 valence electrons. The summed E-state index contributed by atoms with van der Waals surface area (Å²) in [5.41, 5.74) is 6.31. The average Bonchev–Trinajstić information content (AvgIpc) is 3.12. The van der Waals surface area contributed by atoms with Gasteiger partial charge in [-0.3, -0.25) is 9.52 Å². The lowest BCUT2D eigenvalue weighted by Gasteiger charge is -2.23. The molecule has 1 saturated heterocycles. The maximum absolute atomic E-state index is 13.3. The number of carbonyl (C=O) groups excluding carboxylic acids is 1. The van der Waals surface area contributed by atoms with E-state index in [9.17, 15) is 22.0 Å². The zero-order valence-electron chi connectivity index (χ0n) is 14.4. The Hall–Kier alpha value is -2.52. The summed E-state index contributed by atoms with van der Waals surface area (Å²) in [5, 5.41) is 0. The van der Waals surface area contributed by atoms with Gasteiger partial charge in [-0.1, -0.05) is 0 Å². The van der Waals surface area contributed by atoms with Gasteiger partial charge in [-0.25, -0.2) is 17.2 Å². The number of anilines is 1. The van der Waals surface area contributed by atoms with Crippen LogP contribution in [-0.2, 0) is 10.0 Å². The lowest BCUT2D eigenvalue weighted by molar-refractivity contribution is 0.0741. The van der Waals surface area contributed by atoms with E-state index in [2.05, 4.69) is 4.72 Å². The number of likely N-dealkylation sites (tertiary alicyclic amines) is 1. The van der Waals surface area contributed by atoms with E-state index in [1.165, 1.54) is 24.3 Å². The minimum atomic E-state index is -4.08. The molecule has 3 N–H and O–H groups in total. The summed E-state index contributed by atoms with van der Waals surface area (Å²) in [6.45, 7) is 1.04. The van der Waals surface area contributed by atoms with Crippen molar-refractivity contribution in [2.75, 3.05) is 17.8 Å². The highest BCUT2D eigenvalue weighted by Gasteiger charge is 2.28. The molecule has 1 heterocycles. The number of carbonyl (C=O) groups is 1. The van der Waals surface area contributed by atoms with Crippen molar-refractivity contribution in [1.29, 1.82) is 0 Å². The molecule has 0 radical (unpaired) electrons. The van der Waals surface area contributed by atoms with E-state index in [4.69, 9.17) is 5.73 Å². The number of sulfonamides is 1. The number of nitrogens with two attached hydrogens (primary N) is 1. The zero-order chi connectivity index (χ0) is 19.6. The SMILES string of the molecule is NCC1CCCN1C(=O)c1ccc(NS(=O)(=O)c2ccc(F)c(F)c2)cc1. The zero-order valence-corrected chi connectivity index (χ0v) is 15.2. The molecule has 2 aromatic rings. The van der Waals surface area contributed by atoms with Gasteiger partial charge in [-0.05, 0) is 55.3 Å². The first-order valence-corrected chi connectivity index (χ1v) is 9.89. The van der Waals surface area contributed by atoms with Gasteiger partial charge in [0, 0.05) is 30.4 Å². The lowest BCUT2D eigenvalue weighted by atomic mass is 10.1. The Bertz CT molecular complexity index is 949. The Morgan fingerprint density at radius 1 is 1.15 bits per heavy atom. The van der Waals surface area contributed by atoms with E-state index in [-0.39, 0.29) is 17.6 Å². The molecule has 0 aliphatic carbocycles. The molecule has 6 nitrogen and oxygen atoms in total. The van der Waals surface area contributed by atoms with Gasteiger partial charge >= 0.3 is 0 Å². The first-order chi connectivity index (χ1) is 12.8. The number of rotatable bonds is 5. The summed E-state index contributed by atoms with van der Waals surface area (Å²) in [5.74, 6) is -2.54. The molecule has 9 heteroatoms. The van der Waals surface area contributed by atoms with Crippen LogP contribution in [0.3, 0.4) is 0 Å². The van der Waals surface area contributed by atoms with Gasteiger partial charge in [0.15, 0.2) is 11.6 Å². The van der Waals surface area contributed by atoms with Gasteiger partial charge in [0.25, 0.3) is 15.9 Å². The number of nitrogens with zero attached hydrogens (tertiary/aromatic N) is 1. The predicted octanol–water partition coefficient (Wildman–Crippen LogP) is 2.33. The Morgan fingerprint density at radius 3 is 2.48 bits per heavy atom. The van der Waals surface area contributed by atoms with Gasteiger partial charge in [-0.15, -0.1) is 0 Å². The van der Waals surface area contributed by atoms with E-state index in [1.807, 2.05) is 0 Å². The normalized spacial score (nSPS) is 17.1. The van der Waals surface area contributed by atoms with Gasteiger partial charge in [-0.2, -0.15) is 0 Å². The molecule has 27 heavy (non-hydrogen) atoms. The fourth-order valence-electron chi connectivity index (χ4n) is 3.05. The van der Waals surface area contributed by atoms with Crippen LogP contribution in [0, 0.1) is 11.6 Å². The topological polar surface area (TPSA) is 92.5 Å². The molecule has 3 rings (SSSR count). The van der Waals surface area contributed by atoms with Crippen LogP contribution in [0.25, 0.3) is 0 Å². The van der Waals surface area contributed by atoms with Crippen LogP contribution in [0.4, 0.5) is 14.5 Å². The summed E-state index contributed by atoms with van der Waals surface area (Å²) < 4.78 is 53.1. The Morgan fingerprint density at radius 2 is 1.85 bits per heavy atom. The van der Waals surface area contributed by atoms with Gasteiger partial charge in [0.05, 0.1) is 4.90 Å². The van der Waals surface area contributed by atoms with Crippen molar-refractivity contribution < 1.29 is 22.0 Å². The molecule has 0 bridgehead atoms. The largest absolute Gasteiger partial charge is 0.334 e. The van der Waals surface area contributed by atoms with Crippen LogP contribution in [0.2, 0.25) is 0 Å². The van der Waals surface area contributed by atoms with Crippen molar-refractivity contribution in [2.45, 2.75) is 23.8 Å². The molecule has 0 saturated carbocycles. The van der Waals surface area contributed by atoms with Crippen LogP contribution in [-0.4, -0.2) is 38.4 Å². The molecule has 0 aromatic heterocycles. The van der Waals surface area contributed by atoms with Crippen molar-refractivity contribution in [2.24, 2.45) is 5.73 Å². The van der Waals surface area contributed by atoms with Gasteiger partial charge in [0.2, 0.25) is 0 Å². The first-order valence-electron chi connectivity index (χ1n) is 8.41. The Kier molecular flexibility index (Phi) is 5.43. The number of nitrogens with one attached hydrogen (secondary N) is 1. The van der Waals surface area contributed by atoms with Crippen molar-refractivity contribution in [3.05, 3.63) is 59.7 Å². The Balaban J connectivity index is 1.75.